The summed E-state index contributed by atoms with van der Waals surface area (Å²) >= 11 is 6.00. The van der Waals surface area contributed by atoms with Crippen molar-refractivity contribution in [2.75, 3.05) is 25.1 Å². The van der Waals surface area contributed by atoms with Crippen molar-refractivity contribution in [3.05, 3.63) is 28.8 Å². The molecule has 2 aliphatic heterocycles. The minimum atomic E-state index is -4.57. The Kier molecular flexibility index (Phi) is 8.10. The van der Waals surface area contributed by atoms with Crippen molar-refractivity contribution < 1.29 is 32.3 Å². The molecule has 4 rings (SSSR count). The molecule has 1 saturated heterocycles. The van der Waals surface area contributed by atoms with E-state index >= 15 is 0 Å². The predicted octanol–water partition coefficient (Wildman–Crippen LogP) is 2.62. The molecule has 37 heavy (non-hydrogen) atoms. The Labute approximate surface area is 216 Å². The van der Waals surface area contributed by atoms with E-state index in [1.165, 1.54) is 0 Å². The third kappa shape index (κ3) is 5.75. The fraction of sp³-hybridized carbons (Fsp3) is 0.583. The average molecular weight is 544 g/mol. The maximum absolute atomic E-state index is 13.1. The molecule has 2 fully saturated rings. The van der Waals surface area contributed by atoms with Crippen molar-refractivity contribution in [1.29, 1.82) is 0 Å². The van der Waals surface area contributed by atoms with E-state index in [1.807, 2.05) is 0 Å². The number of primary amides is 1. The fourth-order valence-corrected chi connectivity index (χ4v) is 5.53. The highest BCUT2D eigenvalue weighted by atomic mass is 35.5. The average Bonchev–Trinajstić information content (AvgIpc) is 3.54. The van der Waals surface area contributed by atoms with Crippen molar-refractivity contribution >= 4 is 40.7 Å². The third-order valence-electron chi connectivity index (χ3n) is 7.35. The van der Waals surface area contributed by atoms with Crippen LogP contribution in [-0.2, 0) is 25.3 Å². The van der Waals surface area contributed by atoms with Crippen LogP contribution < -0.4 is 21.7 Å². The van der Waals surface area contributed by atoms with Gasteiger partial charge >= 0.3 is 6.18 Å². The molecule has 1 aliphatic carbocycles. The number of nitrogens with two attached hydrogens (primary N) is 1. The molecule has 2 atom stereocenters. The molecule has 0 spiro atoms. The fourth-order valence-electron chi connectivity index (χ4n) is 5.36. The predicted molar refractivity (Wildman–Crippen MR) is 130 cm³/mol. The second-order valence-electron chi connectivity index (χ2n) is 9.59. The van der Waals surface area contributed by atoms with Gasteiger partial charge in [0.1, 0.15) is 11.3 Å². The summed E-state index contributed by atoms with van der Waals surface area (Å²) in [5.74, 6) is -2.57. The Morgan fingerprint density at radius 2 is 1.92 bits per heavy atom. The van der Waals surface area contributed by atoms with Crippen LogP contribution in [0, 0.1) is 11.8 Å². The molecule has 13 heteroatoms. The molecule has 5 N–H and O–H groups in total. The van der Waals surface area contributed by atoms with Gasteiger partial charge in [0.15, 0.2) is 0 Å². The van der Waals surface area contributed by atoms with E-state index in [1.54, 1.807) is 0 Å². The van der Waals surface area contributed by atoms with Crippen LogP contribution in [0.2, 0.25) is 5.02 Å². The molecule has 1 aromatic rings. The summed E-state index contributed by atoms with van der Waals surface area (Å²) in [6, 6.07) is 2.73. The highest BCUT2D eigenvalue weighted by Gasteiger charge is 2.54. The van der Waals surface area contributed by atoms with Gasteiger partial charge in [-0.1, -0.05) is 11.6 Å². The van der Waals surface area contributed by atoms with Crippen molar-refractivity contribution in [3.8, 4) is 0 Å². The lowest BCUT2D eigenvalue weighted by molar-refractivity contribution is -0.137. The summed E-state index contributed by atoms with van der Waals surface area (Å²) in [7, 11) is 0. The topological polar surface area (TPSA) is 135 Å². The van der Waals surface area contributed by atoms with Gasteiger partial charge in [-0.05, 0) is 62.6 Å². The zero-order valence-electron chi connectivity index (χ0n) is 20.0. The number of nitrogens with zero attached hydrogens (tertiary/aromatic N) is 1. The van der Waals surface area contributed by atoms with Gasteiger partial charge in [-0.3, -0.25) is 24.7 Å². The summed E-state index contributed by atoms with van der Waals surface area (Å²) < 4.78 is 44.7. The summed E-state index contributed by atoms with van der Waals surface area (Å²) in [5, 5.41) is 8.30. The number of ether oxygens (including phenoxy) is 1. The normalized spacial score (nSPS) is 28.0. The lowest BCUT2D eigenvalue weighted by Crippen LogP contribution is -2.66. The van der Waals surface area contributed by atoms with E-state index in [0.717, 1.165) is 31.0 Å². The number of rotatable bonds is 7. The number of benzene rings is 1. The molecule has 3 amide bonds. The highest BCUT2D eigenvalue weighted by molar-refractivity contribution is 6.47. The van der Waals surface area contributed by atoms with Crippen LogP contribution in [0.4, 0.5) is 18.9 Å². The Balaban J connectivity index is 1.40. The van der Waals surface area contributed by atoms with Crippen LogP contribution in [0.25, 0.3) is 0 Å². The first-order valence-corrected chi connectivity index (χ1v) is 12.6. The SMILES string of the molecule is NC(=O)C1(C2CCC(C(=O)Nc3cc(C(F)(F)F)ccc3Cl)CC2)NCN=C1C(=O)NCC1CCCO1. The Hall–Kier alpha value is -2.70. The monoisotopic (exact) mass is 543 g/mol. The Bertz CT molecular complexity index is 1080. The van der Waals surface area contributed by atoms with E-state index in [-0.39, 0.29) is 35.1 Å². The van der Waals surface area contributed by atoms with Crippen molar-refractivity contribution in [2.45, 2.75) is 56.3 Å². The molecule has 0 aromatic heterocycles. The number of carbonyl (C=O) groups excluding carboxylic acids is 3. The molecule has 3 aliphatic rings. The number of carbonyl (C=O) groups is 3. The number of alkyl halides is 3. The van der Waals surface area contributed by atoms with Gasteiger partial charge in [0, 0.05) is 19.1 Å². The van der Waals surface area contributed by atoms with Gasteiger partial charge in [-0.2, -0.15) is 13.2 Å². The van der Waals surface area contributed by atoms with Crippen LogP contribution in [-0.4, -0.2) is 54.9 Å². The number of aliphatic imine (C=N–C) groups is 1. The molecule has 0 radical (unpaired) electrons. The number of amides is 3. The van der Waals surface area contributed by atoms with E-state index in [2.05, 4.69) is 20.9 Å². The van der Waals surface area contributed by atoms with Crippen LogP contribution in [0.5, 0.6) is 0 Å². The van der Waals surface area contributed by atoms with E-state index in [9.17, 15) is 27.6 Å². The van der Waals surface area contributed by atoms with Crippen LogP contribution in [0.3, 0.4) is 0 Å². The molecule has 202 valence electrons. The summed E-state index contributed by atoms with van der Waals surface area (Å²) in [4.78, 5) is 42.8. The van der Waals surface area contributed by atoms with Crippen LogP contribution in [0.15, 0.2) is 23.2 Å². The van der Waals surface area contributed by atoms with Crippen molar-refractivity contribution in [3.63, 3.8) is 0 Å². The minimum Gasteiger partial charge on any atom is -0.376 e. The van der Waals surface area contributed by atoms with Gasteiger partial charge < -0.3 is 21.1 Å². The molecule has 2 unspecified atom stereocenters. The molecule has 2 heterocycles. The Morgan fingerprint density at radius 3 is 2.54 bits per heavy atom. The summed E-state index contributed by atoms with van der Waals surface area (Å²) in [6.45, 7) is 1.00. The van der Waals surface area contributed by atoms with E-state index in [4.69, 9.17) is 22.1 Å². The highest BCUT2D eigenvalue weighted by Crippen LogP contribution is 2.39. The summed E-state index contributed by atoms with van der Waals surface area (Å²) in [5.41, 5.74) is 3.32. The molecule has 9 nitrogen and oxygen atoms in total. The largest absolute Gasteiger partial charge is 0.416 e. The first-order chi connectivity index (χ1) is 17.5. The Morgan fingerprint density at radius 1 is 1.19 bits per heavy atom. The maximum atomic E-state index is 13.1. The number of hydrogen-bond acceptors (Lipinski definition) is 6. The van der Waals surface area contributed by atoms with E-state index in [0.29, 0.717) is 38.8 Å². The molecular formula is C24H29ClF3N5O4. The van der Waals surface area contributed by atoms with E-state index < -0.39 is 40.9 Å². The van der Waals surface area contributed by atoms with Crippen LogP contribution in [0.1, 0.15) is 44.1 Å². The molecule has 1 saturated carbocycles. The standard InChI is InChI=1S/C24H29ClF3N5O4/c25-17-8-7-15(24(26,27)28)10-18(17)33-20(34)13-3-5-14(6-4-13)23(22(29)36)19(31-12-32-23)21(35)30-11-16-2-1-9-37-16/h7-8,10,13-14,16,32H,1-6,9,11-12H2,(H2,29,36)(H,30,35)(H,33,34). The van der Waals surface area contributed by atoms with Crippen molar-refractivity contribution in [2.24, 2.45) is 22.6 Å². The molecular weight excluding hydrogens is 515 g/mol. The number of nitrogens with one attached hydrogen (secondary N) is 3. The van der Waals surface area contributed by atoms with Gasteiger partial charge in [0.2, 0.25) is 11.8 Å². The molecule has 0 bridgehead atoms. The lowest BCUT2D eigenvalue weighted by Gasteiger charge is -2.39. The molecule has 1 aromatic carbocycles. The van der Waals surface area contributed by atoms with Gasteiger partial charge in [0.05, 0.1) is 29.0 Å². The van der Waals surface area contributed by atoms with Crippen molar-refractivity contribution in [1.82, 2.24) is 10.6 Å². The lowest BCUT2D eigenvalue weighted by atomic mass is 9.69. The van der Waals surface area contributed by atoms with Crippen LogP contribution >= 0.6 is 11.6 Å². The first-order valence-electron chi connectivity index (χ1n) is 12.2. The second-order valence-corrected chi connectivity index (χ2v) is 10.00. The zero-order valence-corrected chi connectivity index (χ0v) is 20.8. The number of halogens is 4. The quantitative estimate of drug-likeness (QED) is 0.419. The second kappa shape index (κ2) is 11.0. The van der Waals surface area contributed by atoms with Gasteiger partial charge in [0.25, 0.3) is 5.91 Å². The van der Waals surface area contributed by atoms with Gasteiger partial charge in [-0.25, -0.2) is 0 Å². The third-order valence-corrected chi connectivity index (χ3v) is 7.68. The smallest absolute Gasteiger partial charge is 0.376 e. The summed E-state index contributed by atoms with van der Waals surface area (Å²) in [6.07, 6.45) is -1.46. The number of hydrogen-bond donors (Lipinski definition) is 4. The van der Waals surface area contributed by atoms with Gasteiger partial charge in [-0.15, -0.1) is 0 Å². The number of anilines is 1. The zero-order chi connectivity index (χ0) is 26.8. The maximum Gasteiger partial charge on any atom is 0.416 e. The first kappa shape index (κ1) is 27.3. The minimum absolute atomic E-state index is 0.00672.